The van der Waals surface area contributed by atoms with Gasteiger partial charge in [0, 0.05) is 57.8 Å². The van der Waals surface area contributed by atoms with Crippen molar-refractivity contribution in [3.63, 3.8) is 0 Å². The lowest BCUT2D eigenvalue weighted by Crippen LogP contribution is -2.58. The van der Waals surface area contributed by atoms with Crippen LogP contribution in [0.1, 0.15) is 87.3 Å². The maximum Gasteiger partial charge on any atom is 0.262 e. The largest absolute Gasteiger partial charge is 0.506 e. The molecule has 7 rings (SSSR count). The lowest BCUT2D eigenvalue weighted by atomic mass is 9.87. The molecule has 3 N–H and O–H groups in total. The van der Waals surface area contributed by atoms with Crippen molar-refractivity contribution in [3.8, 4) is 11.5 Å². The van der Waals surface area contributed by atoms with Crippen molar-refractivity contribution in [2.24, 2.45) is 5.92 Å². The number of nitrogens with one attached hydrogen (secondary N) is 2. The fraction of sp³-hybridized carbons (Fsp3) is 0.622. The summed E-state index contributed by atoms with van der Waals surface area (Å²) >= 11 is 0. The average molecular weight is 786 g/mol. The van der Waals surface area contributed by atoms with E-state index in [4.69, 9.17) is 14.2 Å². The number of rotatable bonds is 16. The third kappa shape index (κ3) is 11.2. The molecule has 3 aliphatic heterocycles. The second-order valence-electron chi connectivity index (χ2n) is 16.6. The molecular formula is C45H63N5O7. The van der Waals surface area contributed by atoms with E-state index in [1.165, 1.54) is 17.5 Å². The van der Waals surface area contributed by atoms with Crippen LogP contribution in [0.4, 0.5) is 5.69 Å². The average Bonchev–Trinajstić information content (AvgIpc) is 3.24. The third-order valence-electron chi connectivity index (χ3n) is 12.6. The van der Waals surface area contributed by atoms with Gasteiger partial charge in [0.25, 0.3) is 5.91 Å². The molecule has 1 saturated carbocycles. The van der Waals surface area contributed by atoms with Gasteiger partial charge < -0.3 is 39.8 Å². The number of morpholine rings is 1. The van der Waals surface area contributed by atoms with Crippen LogP contribution in [0.3, 0.4) is 0 Å². The molecule has 12 nitrogen and oxygen atoms in total. The van der Waals surface area contributed by atoms with Gasteiger partial charge in [-0.3, -0.25) is 19.3 Å². The second kappa shape index (κ2) is 20.1. The first-order valence-electron chi connectivity index (χ1n) is 21.6. The number of fused-ring (bicyclic) bond motifs is 1. The van der Waals surface area contributed by atoms with Gasteiger partial charge in [-0.1, -0.05) is 61.7 Å². The SMILES string of the molecule is O=C1COc2c(CCNCCN(C(=O)CCOCCc3cccc(CN4CCC5(CC4)CN(C(=O)C4CC=CCC4)CCO5)c3)C3CCCCC3)ccc(O)c2N1. The lowest BCUT2D eigenvalue weighted by Gasteiger charge is -2.48. The zero-order valence-electron chi connectivity index (χ0n) is 33.7. The Morgan fingerprint density at radius 2 is 1.82 bits per heavy atom. The molecule has 3 fully saturated rings. The van der Waals surface area contributed by atoms with Crippen LogP contribution in [0.2, 0.25) is 0 Å². The molecule has 2 aliphatic carbocycles. The first-order valence-corrected chi connectivity index (χ1v) is 21.6. The van der Waals surface area contributed by atoms with E-state index in [2.05, 4.69) is 61.8 Å². The van der Waals surface area contributed by atoms with Crippen molar-refractivity contribution in [3.05, 3.63) is 65.2 Å². The maximum atomic E-state index is 13.5. The normalized spacial score (nSPS) is 21.2. The molecular weight excluding hydrogens is 723 g/mol. The van der Waals surface area contributed by atoms with Crippen LogP contribution in [0.5, 0.6) is 11.5 Å². The lowest BCUT2D eigenvalue weighted by molar-refractivity contribution is -0.163. The fourth-order valence-corrected chi connectivity index (χ4v) is 9.33. The van der Waals surface area contributed by atoms with Crippen LogP contribution in [-0.4, -0.2) is 121 Å². The minimum absolute atomic E-state index is 0.00153. The summed E-state index contributed by atoms with van der Waals surface area (Å²) in [7, 11) is 0. The van der Waals surface area contributed by atoms with Gasteiger partial charge in [-0.25, -0.2) is 0 Å². The molecule has 1 unspecified atom stereocenters. The van der Waals surface area contributed by atoms with Crippen molar-refractivity contribution in [2.75, 3.05) is 77.6 Å². The highest BCUT2D eigenvalue weighted by Crippen LogP contribution is 2.39. The number of phenols is 1. The van der Waals surface area contributed by atoms with Gasteiger partial charge in [-0.05, 0) is 87.1 Å². The zero-order valence-corrected chi connectivity index (χ0v) is 33.7. The number of piperidine rings is 1. The fourth-order valence-electron chi connectivity index (χ4n) is 9.33. The van der Waals surface area contributed by atoms with E-state index < -0.39 is 0 Å². The number of carbonyl (C=O) groups excluding carboxylic acids is 3. The first kappa shape index (κ1) is 41.2. The summed E-state index contributed by atoms with van der Waals surface area (Å²) in [4.78, 5) is 45.2. The summed E-state index contributed by atoms with van der Waals surface area (Å²) in [6, 6.07) is 12.5. The standard InChI is InChI=1S/C45H63N5O7/c51-39-15-14-36(43-42(39)47-40(52)32-56-43)16-21-46-22-25-50(38-12-5-2-6-13-38)41(53)18-28-55-27-17-34-8-7-9-35(30-34)31-48-23-19-45(20-24-48)33-49(26-29-57-45)44(54)37-10-3-1-4-11-37/h1,3,7-9,14-15,30,37-38,46,51H,2,4-6,10-13,16-29,31-33H2,(H,47,52). The van der Waals surface area contributed by atoms with Crippen molar-refractivity contribution in [1.82, 2.24) is 20.0 Å². The van der Waals surface area contributed by atoms with E-state index in [9.17, 15) is 19.5 Å². The number of benzene rings is 2. The quantitative estimate of drug-likeness (QED) is 0.119. The number of hydrogen-bond acceptors (Lipinski definition) is 9. The molecule has 0 bridgehead atoms. The van der Waals surface area contributed by atoms with Crippen LogP contribution < -0.4 is 15.4 Å². The highest BCUT2D eigenvalue weighted by atomic mass is 16.5. The number of ether oxygens (including phenoxy) is 3. The van der Waals surface area contributed by atoms with E-state index >= 15 is 0 Å². The predicted octanol–water partition coefficient (Wildman–Crippen LogP) is 5.22. The second-order valence-corrected chi connectivity index (χ2v) is 16.6. The molecule has 310 valence electrons. The summed E-state index contributed by atoms with van der Waals surface area (Å²) < 4.78 is 18.0. The molecule has 2 saturated heterocycles. The maximum absolute atomic E-state index is 13.5. The van der Waals surface area contributed by atoms with E-state index in [-0.39, 0.29) is 41.7 Å². The molecule has 1 spiro atoms. The molecule has 5 aliphatic rings. The number of hydrogen-bond donors (Lipinski definition) is 3. The van der Waals surface area contributed by atoms with Gasteiger partial charge in [-0.15, -0.1) is 0 Å². The molecule has 1 atom stereocenters. The molecule has 3 heterocycles. The van der Waals surface area contributed by atoms with E-state index in [0.29, 0.717) is 76.2 Å². The van der Waals surface area contributed by atoms with Crippen LogP contribution in [0.25, 0.3) is 0 Å². The Balaban J connectivity index is 0.806. The minimum atomic E-state index is -0.277. The number of carbonyl (C=O) groups is 3. The summed E-state index contributed by atoms with van der Waals surface area (Å²) in [5, 5.41) is 16.3. The number of amides is 3. The van der Waals surface area contributed by atoms with Gasteiger partial charge in [0.1, 0.15) is 11.4 Å². The molecule has 2 aromatic carbocycles. The van der Waals surface area contributed by atoms with Crippen molar-refractivity contribution < 1.29 is 33.7 Å². The van der Waals surface area contributed by atoms with Crippen LogP contribution in [0, 0.1) is 5.92 Å². The monoisotopic (exact) mass is 785 g/mol. The number of aromatic hydroxyl groups is 1. The number of phenolic OH excluding ortho intramolecular Hbond substituents is 1. The summed E-state index contributed by atoms with van der Waals surface area (Å²) in [5.41, 5.74) is 3.58. The summed E-state index contributed by atoms with van der Waals surface area (Å²) in [6.07, 6.45) is 16.6. The first-order chi connectivity index (χ1) is 27.9. The predicted molar refractivity (Wildman–Crippen MR) is 219 cm³/mol. The highest BCUT2D eigenvalue weighted by Gasteiger charge is 2.42. The summed E-state index contributed by atoms with van der Waals surface area (Å²) in [6.45, 7) is 7.83. The Morgan fingerprint density at radius 1 is 0.982 bits per heavy atom. The molecule has 0 radical (unpaired) electrons. The Hall–Kier alpha value is -3.97. The van der Waals surface area contributed by atoms with Crippen molar-refractivity contribution >= 4 is 23.4 Å². The van der Waals surface area contributed by atoms with Gasteiger partial charge in [0.05, 0.1) is 31.8 Å². The van der Waals surface area contributed by atoms with Gasteiger partial charge in [-0.2, -0.15) is 0 Å². The van der Waals surface area contributed by atoms with Crippen molar-refractivity contribution in [2.45, 2.75) is 102 Å². The molecule has 57 heavy (non-hydrogen) atoms. The smallest absolute Gasteiger partial charge is 0.262 e. The molecule has 2 aromatic rings. The Morgan fingerprint density at radius 3 is 2.65 bits per heavy atom. The molecule has 0 aromatic heterocycles. The number of nitrogens with zero attached hydrogens (tertiary/aromatic N) is 3. The zero-order chi connectivity index (χ0) is 39.5. The van der Waals surface area contributed by atoms with E-state index in [1.54, 1.807) is 6.07 Å². The summed E-state index contributed by atoms with van der Waals surface area (Å²) in [5.74, 6) is 0.855. The number of anilines is 1. The van der Waals surface area contributed by atoms with Crippen LogP contribution in [-0.2, 0) is 43.2 Å². The van der Waals surface area contributed by atoms with Gasteiger partial charge in [0.15, 0.2) is 12.4 Å². The van der Waals surface area contributed by atoms with E-state index in [0.717, 1.165) is 96.0 Å². The van der Waals surface area contributed by atoms with Gasteiger partial charge in [0.2, 0.25) is 11.8 Å². The number of allylic oxidation sites excluding steroid dienone is 2. The minimum Gasteiger partial charge on any atom is -0.506 e. The number of likely N-dealkylation sites (tertiary alicyclic amines) is 1. The van der Waals surface area contributed by atoms with Crippen molar-refractivity contribution in [1.29, 1.82) is 0 Å². The Bertz CT molecular complexity index is 1700. The molecule has 12 heteroatoms. The molecule has 3 amide bonds. The Labute approximate surface area is 338 Å². The Kier molecular flexibility index (Phi) is 14.6. The highest BCUT2D eigenvalue weighted by molar-refractivity contribution is 5.97. The van der Waals surface area contributed by atoms with E-state index in [1.807, 2.05) is 6.07 Å². The third-order valence-corrected chi connectivity index (χ3v) is 12.6. The van der Waals surface area contributed by atoms with Gasteiger partial charge >= 0.3 is 0 Å². The van der Waals surface area contributed by atoms with Crippen LogP contribution in [0.15, 0.2) is 48.6 Å². The van der Waals surface area contributed by atoms with Crippen LogP contribution >= 0.6 is 0 Å². The topological polar surface area (TPSA) is 133 Å².